The first kappa shape index (κ1) is 8.81. The van der Waals surface area contributed by atoms with Gasteiger partial charge in [0.1, 0.15) is 17.7 Å². The Morgan fingerprint density at radius 1 is 1.25 bits per heavy atom. The third kappa shape index (κ3) is 1.86. The van der Waals surface area contributed by atoms with Crippen molar-refractivity contribution in [3.05, 3.63) is 11.6 Å². The summed E-state index contributed by atoms with van der Waals surface area (Å²) in [4.78, 5) is 0. The van der Waals surface area contributed by atoms with Crippen LogP contribution in [0, 0.1) is 28.1 Å². The van der Waals surface area contributed by atoms with Crippen LogP contribution in [0.1, 0.15) is 32.6 Å². The first-order valence-corrected chi connectivity index (χ1v) is 4.23. The van der Waals surface area contributed by atoms with Gasteiger partial charge in [-0.3, -0.25) is 0 Å². The van der Waals surface area contributed by atoms with Crippen molar-refractivity contribution in [3.63, 3.8) is 0 Å². The Morgan fingerprint density at radius 2 is 1.75 bits per heavy atom. The van der Waals surface area contributed by atoms with Crippen LogP contribution in [-0.2, 0) is 0 Å². The van der Waals surface area contributed by atoms with Gasteiger partial charge in [-0.05, 0) is 24.3 Å². The largest absolute Gasteiger partial charge is 0.192 e. The smallest absolute Gasteiger partial charge is 0.126 e. The Balaban J connectivity index is 2.79. The van der Waals surface area contributed by atoms with Gasteiger partial charge in [0, 0.05) is 0 Å². The molecule has 2 heteroatoms. The lowest BCUT2D eigenvalue weighted by atomic mass is 9.87. The molecule has 0 radical (unpaired) electrons. The van der Waals surface area contributed by atoms with Crippen LogP contribution >= 0.6 is 0 Å². The molecule has 0 atom stereocenters. The van der Waals surface area contributed by atoms with Gasteiger partial charge in [-0.15, -0.1) is 0 Å². The highest BCUT2D eigenvalue weighted by Gasteiger charge is 2.26. The quantitative estimate of drug-likeness (QED) is 0.553. The summed E-state index contributed by atoms with van der Waals surface area (Å²) in [5.41, 5.74) is 0.375. The molecule has 12 heavy (non-hydrogen) atoms. The van der Waals surface area contributed by atoms with Crippen molar-refractivity contribution >= 4 is 0 Å². The molecule has 0 aromatic heterocycles. The van der Waals surface area contributed by atoms with E-state index in [4.69, 9.17) is 10.5 Å². The van der Waals surface area contributed by atoms with E-state index < -0.39 is 0 Å². The Bertz CT molecular complexity index is 253. The molecule has 0 aliphatic heterocycles. The van der Waals surface area contributed by atoms with Crippen LogP contribution in [0.15, 0.2) is 11.6 Å². The van der Waals surface area contributed by atoms with Gasteiger partial charge in [0.15, 0.2) is 0 Å². The van der Waals surface area contributed by atoms with Gasteiger partial charge in [0.2, 0.25) is 0 Å². The number of hydrogen-bond acceptors (Lipinski definition) is 2. The molecular formula is C10H12N2. The second-order valence-corrected chi connectivity index (χ2v) is 3.64. The molecule has 62 valence electrons. The van der Waals surface area contributed by atoms with E-state index >= 15 is 0 Å². The Hall–Kier alpha value is -1.28. The second kappa shape index (κ2) is 3.41. The topological polar surface area (TPSA) is 47.6 Å². The minimum Gasteiger partial charge on any atom is -0.192 e. The fourth-order valence-corrected chi connectivity index (χ4v) is 1.77. The summed E-state index contributed by atoms with van der Waals surface area (Å²) >= 11 is 0. The maximum Gasteiger partial charge on any atom is 0.126 e. The highest BCUT2D eigenvalue weighted by atomic mass is 14.3. The summed E-state index contributed by atoms with van der Waals surface area (Å²) in [5.74, 6) is 0. The van der Waals surface area contributed by atoms with Crippen LogP contribution in [0.25, 0.3) is 0 Å². The first-order valence-electron chi connectivity index (χ1n) is 4.23. The molecule has 0 spiro atoms. The van der Waals surface area contributed by atoms with E-state index in [0.717, 1.165) is 12.8 Å². The second-order valence-electron chi connectivity index (χ2n) is 3.64. The molecule has 0 N–H and O–H groups in total. The van der Waals surface area contributed by atoms with Crippen molar-refractivity contribution in [2.45, 2.75) is 32.6 Å². The van der Waals surface area contributed by atoms with Gasteiger partial charge in [-0.2, -0.15) is 10.5 Å². The average Bonchev–Trinajstić information content (AvgIpc) is 2.48. The van der Waals surface area contributed by atoms with Crippen molar-refractivity contribution in [2.75, 3.05) is 0 Å². The zero-order chi connectivity index (χ0) is 9.03. The molecule has 1 aliphatic carbocycles. The summed E-state index contributed by atoms with van der Waals surface area (Å²) in [6.07, 6.45) is 6.49. The molecule has 0 amide bonds. The third-order valence-corrected chi connectivity index (χ3v) is 2.48. The fourth-order valence-electron chi connectivity index (χ4n) is 1.77. The van der Waals surface area contributed by atoms with E-state index in [9.17, 15) is 0 Å². The lowest BCUT2D eigenvalue weighted by molar-refractivity contribution is 0.445. The lowest BCUT2D eigenvalue weighted by Crippen LogP contribution is -2.06. The fraction of sp³-hybridized carbons (Fsp3) is 0.600. The highest BCUT2D eigenvalue weighted by molar-refractivity contribution is 5.36. The zero-order valence-corrected chi connectivity index (χ0v) is 7.30. The number of nitriles is 2. The standard InChI is InChI=1S/C10H12N2/c1-10(4-2-3-5-10)6-9(7-11)8-12/h6H,2-5H2,1H3. The number of rotatable bonds is 1. The van der Waals surface area contributed by atoms with Crippen LogP contribution in [0.3, 0.4) is 0 Å². The van der Waals surface area contributed by atoms with E-state index in [-0.39, 0.29) is 11.0 Å². The maximum atomic E-state index is 8.56. The molecule has 0 bridgehead atoms. The highest BCUT2D eigenvalue weighted by Crippen LogP contribution is 2.39. The van der Waals surface area contributed by atoms with E-state index in [1.807, 2.05) is 18.2 Å². The first-order chi connectivity index (χ1) is 5.70. The molecule has 0 saturated heterocycles. The van der Waals surface area contributed by atoms with Gasteiger partial charge in [0.05, 0.1) is 0 Å². The molecule has 0 aromatic rings. The van der Waals surface area contributed by atoms with Crippen molar-refractivity contribution < 1.29 is 0 Å². The van der Waals surface area contributed by atoms with Crippen LogP contribution in [0.4, 0.5) is 0 Å². The summed E-state index contributed by atoms with van der Waals surface area (Å²) in [6, 6.07) is 3.81. The molecular weight excluding hydrogens is 148 g/mol. The van der Waals surface area contributed by atoms with E-state index in [2.05, 4.69) is 6.92 Å². The molecule has 0 unspecified atom stereocenters. The summed E-state index contributed by atoms with van der Waals surface area (Å²) in [6.45, 7) is 2.12. The van der Waals surface area contributed by atoms with Crippen molar-refractivity contribution in [2.24, 2.45) is 5.41 Å². The molecule has 0 heterocycles. The van der Waals surface area contributed by atoms with Gasteiger partial charge >= 0.3 is 0 Å². The molecule has 1 rings (SSSR count). The van der Waals surface area contributed by atoms with Crippen LogP contribution in [-0.4, -0.2) is 0 Å². The minimum atomic E-state index is 0.112. The lowest BCUT2D eigenvalue weighted by Gasteiger charge is -2.17. The van der Waals surface area contributed by atoms with Gasteiger partial charge in [-0.1, -0.05) is 19.8 Å². The van der Waals surface area contributed by atoms with E-state index in [1.165, 1.54) is 12.8 Å². The third-order valence-electron chi connectivity index (χ3n) is 2.48. The summed E-state index contributed by atoms with van der Waals surface area (Å²) in [5, 5.41) is 17.1. The van der Waals surface area contributed by atoms with Crippen molar-refractivity contribution in [3.8, 4) is 12.1 Å². The molecule has 0 aromatic carbocycles. The van der Waals surface area contributed by atoms with Crippen LogP contribution in [0.2, 0.25) is 0 Å². The predicted molar refractivity (Wildman–Crippen MR) is 45.9 cm³/mol. The number of nitrogens with zero attached hydrogens (tertiary/aromatic N) is 2. The predicted octanol–water partition coefficient (Wildman–Crippen LogP) is 2.54. The zero-order valence-electron chi connectivity index (χ0n) is 7.30. The van der Waals surface area contributed by atoms with Crippen molar-refractivity contribution in [1.82, 2.24) is 0 Å². The SMILES string of the molecule is CC1(C=C(C#N)C#N)CCCC1. The minimum absolute atomic E-state index is 0.112. The maximum absolute atomic E-state index is 8.56. The summed E-state index contributed by atoms with van der Waals surface area (Å²) < 4.78 is 0. The summed E-state index contributed by atoms with van der Waals surface area (Å²) in [7, 11) is 0. The van der Waals surface area contributed by atoms with Crippen LogP contribution in [0.5, 0.6) is 0 Å². The number of hydrogen-bond donors (Lipinski definition) is 0. The van der Waals surface area contributed by atoms with Gasteiger partial charge in [-0.25, -0.2) is 0 Å². The molecule has 1 aliphatic rings. The van der Waals surface area contributed by atoms with Crippen molar-refractivity contribution in [1.29, 1.82) is 10.5 Å². The Kier molecular flexibility index (Phi) is 2.51. The monoisotopic (exact) mass is 160 g/mol. The normalized spacial score (nSPS) is 19.2. The van der Waals surface area contributed by atoms with Crippen LogP contribution < -0.4 is 0 Å². The molecule has 1 saturated carbocycles. The van der Waals surface area contributed by atoms with E-state index in [1.54, 1.807) is 0 Å². The van der Waals surface area contributed by atoms with Gasteiger partial charge < -0.3 is 0 Å². The molecule has 1 fully saturated rings. The Morgan fingerprint density at radius 3 is 2.17 bits per heavy atom. The Labute approximate surface area is 73.1 Å². The number of allylic oxidation sites excluding steroid dienone is 2. The average molecular weight is 160 g/mol. The van der Waals surface area contributed by atoms with E-state index in [0.29, 0.717) is 0 Å². The molecule has 2 nitrogen and oxygen atoms in total. The van der Waals surface area contributed by atoms with Gasteiger partial charge in [0.25, 0.3) is 0 Å².